The number of rotatable bonds is 12. The van der Waals surface area contributed by atoms with Crippen molar-refractivity contribution in [1.82, 2.24) is 15.0 Å². The quantitative estimate of drug-likeness (QED) is 0.204. The van der Waals surface area contributed by atoms with Crippen LogP contribution in [0.2, 0.25) is 0 Å². The molecule has 0 saturated carbocycles. The van der Waals surface area contributed by atoms with Crippen LogP contribution < -0.4 is 9.47 Å². The zero-order valence-corrected chi connectivity index (χ0v) is 24.4. The molecule has 0 fully saturated rings. The van der Waals surface area contributed by atoms with Crippen LogP contribution in [0.15, 0.2) is 46.9 Å². The van der Waals surface area contributed by atoms with Gasteiger partial charge >= 0.3 is 0 Å². The van der Waals surface area contributed by atoms with Gasteiger partial charge in [0.05, 0.1) is 24.2 Å². The molecule has 0 unspecified atom stereocenters. The van der Waals surface area contributed by atoms with Gasteiger partial charge in [-0.05, 0) is 73.9 Å². The number of benzene rings is 2. The highest BCUT2D eigenvalue weighted by Gasteiger charge is 2.24. The van der Waals surface area contributed by atoms with Gasteiger partial charge < -0.3 is 19.7 Å². The summed E-state index contributed by atoms with van der Waals surface area (Å²) in [4.78, 5) is 0. The summed E-state index contributed by atoms with van der Waals surface area (Å²) >= 11 is 11.6. The summed E-state index contributed by atoms with van der Waals surface area (Å²) in [5.74, 6) is 2.32. The summed E-state index contributed by atoms with van der Waals surface area (Å²) in [6.45, 7) is 7.13. The second-order valence-corrected chi connectivity index (χ2v) is 11.2. The highest BCUT2D eigenvalue weighted by atomic mass is 123. The maximum atomic E-state index is 10.3. The van der Waals surface area contributed by atoms with Gasteiger partial charge in [0.1, 0.15) is 33.6 Å². The van der Waals surface area contributed by atoms with Crippen LogP contribution in [0.4, 0.5) is 0 Å². The molecular weight excluding hydrogens is 645 g/mol. The van der Waals surface area contributed by atoms with Crippen molar-refractivity contribution in [1.29, 1.82) is 0 Å². The molecule has 1 heterocycles. The van der Waals surface area contributed by atoms with E-state index in [2.05, 4.69) is 59.1 Å². The average Bonchev–Trinajstić information content (AvgIpc) is 3.20. The van der Waals surface area contributed by atoms with E-state index in [1.165, 1.54) is 0 Å². The van der Waals surface area contributed by atoms with Crippen molar-refractivity contribution in [3.05, 3.63) is 67.5 Å². The van der Waals surface area contributed by atoms with E-state index in [1.807, 2.05) is 52.9 Å². The maximum absolute atomic E-state index is 10.3. The minimum atomic E-state index is -0.765. The first kappa shape index (κ1) is 28.2. The second kappa shape index (κ2) is 12.7. The summed E-state index contributed by atoms with van der Waals surface area (Å²) in [5, 5.41) is 27.4. The van der Waals surface area contributed by atoms with Crippen molar-refractivity contribution in [2.24, 2.45) is 5.92 Å². The van der Waals surface area contributed by atoms with Crippen LogP contribution in [0.5, 0.6) is 11.5 Å². The molecule has 2 atom stereocenters. The molecule has 0 spiro atoms. The zero-order chi connectivity index (χ0) is 25.6. The fraction of sp³-hybridized carbons (Fsp3) is 0.440. The van der Waals surface area contributed by atoms with E-state index in [0.29, 0.717) is 27.6 Å². The lowest BCUT2D eigenvalue weighted by molar-refractivity contribution is 0.0881. The Morgan fingerprint density at radius 2 is 1.80 bits per heavy atom. The van der Waals surface area contributed by atoms with Gasteiger partial charge in [-0.3, -0.25) is 0 Å². The van der Waals surface area contributed by atoms with E-state index < -0.39 is 6.10 Å². The van der Waals surface area contributed by atoms with Crippen molar-refractivity contribution in [3.8, 4) is 11.5 Å². The van der Waals surface area contributed by atoms with Crippen LogP contribution in [0.25, 0.3) is 0 Å². The Morgan fingerprint density at radius 3 is 2.40 bits per heavy atom. The van der Waals surface area contributed by atoms with E-state index in [-0.39, 0.29) is 31.1 Å². The molecule has 0 saturated heterocycles. The maximum Gasteiger partial charge on any atom is 0.133 e. The molecule has 2 aromatic carbocycles. The van der Waals surface area contributed by atoms with Gasteiger partial charge in [0, 0.05) is 17.2 Å². The van der Waals surface area contributed by atoms with Crippen molar-refractivity contribution in [3.63, 3.8) is 0 Å². The molecule has 0 radical (unpaired) electrons. The van der Waals surface area contributed by atoms with Crippen molar-refractivity contribution < 1.29 is 19.7 Å². The molecule has 3 rings (SSSR count). The van der Waals surface area contributed by atoms with Gasteiger partial charge in [0.15, 0.2) is 0 Å². The van der Waals surface area contributed by atoms with Crippen LogP contribution in [-0.2, 0) is 18.6 Å². The topological polar surface area (TPSA) is 89.6 Å². The minimum Gasteiger partial charge on any atom is -0.492 e. The third-order valence-corrected chi connectivity index (χ3v) is 8.06. The lowest BCUT2D eigenvalue weighted by atomic mass is 9.78. The van der Waals surface area contributed by atoms with E-state index in [4.69, 9.17) is 21.1 Å². The van der Waals surface area contributed by atoms with Crippen molar-refractivity contribution in [2.45, 2.75) is 45.4 Å². The Bertz CT molecular complexity index is 1110. The highest BCUT2D eigenvalue weighted by Crippen LogP contribution is 2.36. The second-order valence-electron chi connectivity index (χ2n) is 9.00. The largest absolute Gasteiger partial charge is 0.492 e. The Morgan fingerprint density at radius 1 is 1.11 bits per heavy atom. The van der Waals surface area contributed by atoms with E-state index >= 15 is 0 Å². The molecule has 0 aliphatic carbocycles. The molecule has 3 aromatic rings. The summed E-state index contributed by atoms with van der Waals surface area (Å²) < 4.78 is 14.8. The van der Waals surface area contributed by atoms with Gasteiger partial charge in [-0.15, -0.1) is 16.7 Å². The number of ether oxygens (including phenoxy) is 2. The van der Waals surface area contributed by atoms with E-state index in [1.54, 1.807) is 4.68 Å². The number of nitrogens with zero attached hydrogens (tertiary/aromatic N) is 3. The zero-order valence-electron chi connectivity index (χ0n) is 19.9. The van der Waals surface area contributed by atoms with Crippen molar-refractivity contribution >= 4 is 50.1 Å². The molecule has 0 aliphatic rings. The van der Waals surface area contributed by atoms with Crippen LogP contribution in [0, 0.1) is 9.62 Å². The van der Waals surface area contributed by atoms with Gasteiger partial charge in [0.25, 0.3) is 0 Å². The molecule has 35 heavy (non-hydrogen) atoms. The van der Waals surface area contributed by atoms with Crippen LogP contribution in [0.1, 0.15) is 37.6 Å². The number of hydrogen-bond donors (Lipinski definition) is 2. The van der Waals surface area contributed by atoms with Crippen LogP contribution in [0.3, 0.4) is 0 Å². The van der Waals surface area contributed by atoms with Gasteiger partial charge in [0.2, 0.25) is 0 Å². The third kappa shape index (κ3) is 7.31. The predicted molar refractivity (Wildman–Crippen MR) is 148 cm³/mol. The number of aromatic nitrogens is 3. The molecule has 190 valence electrons. The normalized spacial score (nSPS) is 13.5. The first-order valence-corrected chi connectivity index (χ1v) is 13.6. The van der Waals surface area contributed by atoms with Gasteiger partial charge in [-0.25, -0.2) is 4.68 Å². The monoisotopic (exact) mass is 673 g/mol. The Balaban J connectivity index is 1.60. The molecular formula is C25H30BrClIN3O4. The summed E-state index contributed by atoms with van der Waals surface area (Å²) in [5.41, 5.74) is 2.54. The lowest BCUT2D eigenvalue weighted by Gasteiger charge is -2.27. The Kier molecular flexibility index (Phi) is 10.2. The van der Waals surface area contributed by atoms with E-state index in [0.717, 1.165) is 21.3 Å². The molecule has 0 amide bonds. The first-order valence-electron chi connectivity index (χ1n) is 11.2. The molecule has 0 bridgehead atoms. The fourth-order valence-electron chi connectivity index (χ4n) is 3.41. The number of aliphatic hydroxyl groups is 2. The molecule has 0 aliphatic heterocycles. The minimum absolute atomic E-state index is 0.115. The Labute approximate surface area is 233 Å². The molecule has 10 heteroatoms. The standard InChI is InChI=1S/C25H30BrClIN3O4/c1-16(11-27)14-35-23-9-6-18(10-21(23)26)25(2,3)17-4-7-20(8-5-17)34-15-19(33)12-31-24(28)22(13-32)29-30-31/h4-10,16,19,32-33H,11-15H2,1-3H3/t16-,19-/m0/s1/i28-4. The predicted octanol–water partition coefficient (Wildman–Crippen LogP) is 5.16. The first-order chi connectivity index (χ1) is 16.6. The number of hydrogen-bond acceptors (Lipinski definition) is 6. The number of aliphatic hydroxyl groups excluding tert-OH is 2. The SMILES string of the molecule is C[C@@H](CCl)COc1ccc(C(C)(C)c2ccc(OC[C@@H](O)Cn3nnc(CO)c3[123I])cc2)cc1Br. The molecule has 7 nitrogen and oxygen atoms in total. The number of halogens is 3. The summed E-state index contributed by atoms with van der Waals surface area (Å²) in [6.07, 6.45) is -0.765. The Hall–Kier alpha value is -1.40. The van der Waals surface area contributed by atoms with Crippen LogP contribution in [-0.4, -0.2) is 50.4 Å². The number of alkyl halides is 1. The fourth-order valence-corrected chi connectivity index (χ4v) is 4.57. The van der Waals surface area contributed by atoms with Gasteiger partial charge in [-0.1, -0.05) is 44.2 Å². The smallest absolute Gasteiger partial charge is 0.133 e. The molecule has 2 N–H and O–H groups in total. The highest BCUT2D eigenvalue weighted by molar-refractivity contribution is 14.1. The van der Waals surface area contributed by atoms with Crippen molar-refractivity contribution in [2.75, 3.05) is 19.1 Å². The summed E-state index contributed by atoms with van der Waals surface area (Å²) in [7, 11) is 0. The van der Waals surface area contributed by atoms with Gasteiger partial charge in [-0.2, -0.15) is 0 Å². The van der Waals surface area contributed by atoms with Crippen LogP contribution >= 0.6 is 50.1 Å². The third-order valence-electron chi connectivity index (χ3n) is 5.73. The van der Waals surface area contributed by atoms with E-state index in [9.17, 15) is 10.2 Å². The lowest BCUT2D eigenvalue weighted by Crippen LogP contribution is -2.25. The summed E-state index contributed by atoms with van der Waals surface area (Å²) in [6, 6.07) is 14.1. The average molecular weight is 675 g/mol. The molecule has 1 aromatic heterocycles.